The van der Waals surface area contributed by atoms with Crippen LogP contribution in [0.4, 0.5) is 10.1 Å². The molecule has 0 unspecified atom stereocenters. The molecule has 26 heavy (non-hydrogen) atoms. The lowest BCUT2D eigenvalue weighted by molar-refractivity contribution is -0.113. The predicted molar refractivity (Wildman–Crippen MR) is 101 cm³/mol. The number of hydrogen-bond donors (Lipinski definition) is 2. The van der Waals surface area contributed by atoms with Gasteiger partial charge in [0, 0.05) is 11.3 Å². The zero-order valence-corrected chi connectivity index (χ0v) is 15.0. The molecule has 3 aromatic rings. The van der Waals surface area contributed by atoms with Crippen molar-refractivity contribution in [2.45, 2.75) is 18.5 Å². The fourth-order valence-electron chi connectivity index (χ4n) is 2.40. The predicted octanol–water partition coefficient (Wildman–Crippen LogP) is 3.09. The Bertz CT molecular complexity index is 927. The Hall–Kier alpha value is -2.87. The maximum absolute atomic E-state index is 13.3. The number of halogens is 1. The first-order chi connectivity index (χ1) is 12.6. The maximum Gasteiger partial charge on any atom is 0.234 e. The molecule has 0 aliphatic carbocycles. The van der Waals surface area contributed by atoms with E-state index in [1.165, 1.54) is 16.8 Å². The number of aromatic nitrogens is 3. The van der Waals surface area contributed by atoms with Gasteiger partial charge in [0.2, 0.25) is 11.1 Å². The quantitative estimate of drug-likeness (QED) is 0.514. The van der Waals surface area contributed by atoms with Crippen LogP contribution in [0.1, 0.15) is 12.5 Å². The molecular formula is C18H18FN5OS. The number of amides is 1. The van der Waals surface area contributed by atoms with Gasteiger partial charge in [-0.05, 0) is 36.2 Å². The van der Waals surface area contributed by atoms with E-state index in [-0.39, 0.29) is 17.5 Å². The molecule has 0 aliphatic heterocycles. The van der Waals surface area contributed by atoms with Crippen molar-refractivity contribution in [3.05, 3.63) is 59.9 Å². The lowest BCUT2D eigenvalue weighted by atomic mass is 10.1. The van der Waals surface area contributed by atoms with Crippen LogP contribution in [-0.2, 0) is 11.2 Å². The van der Waals surface area contributed by atoms with Gasteiger partial charge < -0.3 is 11.2 Å². The van der Waals surface area contributed by atoms with Gasteiger partial charge in [-0.2, -0.15) is 0 Å². The third-order valence-corrected chi connectivity index (χ3v) is 4.64. The second-order valence-corrected chi connectivity index (χ2v) is 6.52. The normalized spacial score (nSPS) is 10.7. The van der Waals surface area contributed by atoms with Crippen molar-refractivity contribution >= 4 is 23.4 Å². The molecule has 1 amide bonds. The van der Waals surface area contributed by atoms with Gasteiger partial charge >= 0.3 is 0 Å². The van der Waals surface area contributed by atoms with Crippen LogP contribution in [0.5, 0.6) is 0 Å². The van der Waals surface area contributed by atoms with Crippen molar-refractivity contribution in [2.75, 3.05) is 16.9 Å². The summed E-state index contributed by atoms with van der Waals surface area (Å²) < 4.78 is 14.6. The molecule has 134 valence electrons. The Balaban J connectivity index is 1.64. The van der Waals surface area contributed by atoms with E-state index in [1.807, 2.05) is 24.3 Å². The average Bonchev–Trinajstić information content (AvgIpc) is 3.01. The molecule has 8 heteroatoms. The van der Waals surface area contributed by atoms with E-state index in [4.69, 9.17) is 5.84 Å². The van der Waals surface area contributed by atoms with E-state index >= 15 is 0 Å². The number of nitrogens with one attached hydrogen (secondary N) is 1. The Morgan fingerprint density at radius 3 is 2.81 bits per heavy atom. The second-order valence-electron chi connectivity index (χ2n) is 5.58. The van der Waals surface area contributed by atoms with Crippen LogP contribution in [0.3, 0.4) is 0 Å². The Kier molecular flexibility index (Phi) is 5.52. The minimum Gasteiger partial charge on any atom is -0.335 e. The Morgan fingerprint density at radius 1 is 1.23 bits per heavy atom. The summed E-state index contributed by atoms with van der Waals surface area (Å²) in [6, 6.07) is 13.6. The number of carbonyl (C=O) groups is 1. The lowest BCUT2D eigenvalue weighted by Gasteiger charge is -2.07. The maximum atomic E-state index is 13.3. The SMILES string of the molecule is CCc1cccc(NC(=O)CSc2nnc(-c3cccc(F)c3)n2N)c1. The van der Waals surface area contributed by atoms with E-state index in [1.54, 1.807) is 12.1 Å². The van der Waals surface area contributed by atoms with Crippen molar-refractivity contribution in [2.24, 2.45) is 0 Å². The molecule has 0 radical (unpaired) electrons. The summed E-state index contributed by atoms with van der Waals surface area (Å²) in [5.74, 6) is 5.90. The standard InChI is InChI=1S/C18H18FN5OS/c1-2-12-5-3-8-15(9-12)21-16(25)11-26-18-23-22-17(24(18)20)13-6-4-7-14(19)10-13/h3-10H,2,11,20H2,1H3,(H,21,25). The van der Waals surface area contributed by atoms with Gasteiger partial charge in [-0.15, -0.1) is 10.2 Å². The number of nitrogens with zero attached hydrogens (tertiary/aromatic N) is 3. The molecule has 1 aromatic heterocycles. The fourth-order valence-corrected chi connectivity index (χ4v) is 3.05. The number of thioether (sulfide) groups is 1. The minimum absolute atomic E-state index is 0.134. The summed E-state index contributed by atoms with van der Waals surface area (Å²) in [6.07, 6.45) is 0.900. The highest BCUT2D eigenvalue weighted by molar-refractivity contribution is 7.99. The Morgan fingerprint density at radius 2 is 2.04 bits per heavy atom. The van der Waals surface area contributed by atoms with Crippen molar-refractivity contribution in [3.8, 4) is 11.4 Å². The van der Waals surface area contributed by atoms with Crippen LogP contribution in [-0.4, -0.2) is 26.5 Å². The van der Waals surface area contributed by atoms with Crippen LogP contribution < -0.4 is 11.2 Å². The van der Waals surface area contributed by atoms with E-state index in [2.05, 4.69) is 22.4 Å². The van der Waals surface area contributed by atoms with E-state index < -0.39 is 0 Å². The second kappa shape index (κ2) is 8.01. The first-order valence-corrected chi connectivity index (χ1v) is 9.03. The topological polar surface area (TPSA) is 85.8 Å². The number of anilines is 1. The zero-order valence-electron chi connectivity index (χ0n) is 14.1. The summed E-state index contributed by atoms with van der Waals surface area (Å²) in [7, 11) is 0. The molecule has 0 bridgehead atoms. The molecule has 0 aliphatic rings. The van der Waals surface area contributed by atoms with Crippen LogP contribution >= 0.6 is 11.8 Å². The summed E-state index contributed by atoms with van der Waals surface area (Å²) in [5, 5.41) is 11.2. The highest BCUT2D eigenvalue weighted by Gasteiger charge is 2.14. The minimum atomic E-state index is -0.381. The number of rotatable bonds is 6. The highest BCUT2D eigenvalue weighted by Crippen LogP contribution is 2.22. The highest BCUT2D eigenvalue weighted by atomic mass is 32.2. The summed E-state index contributed by atoms with van der Waals surface area (Å²) in [6.45, 7) is 2.06. The van der Waals surface area contributed by atoms with Crippen LogP contribution in [0.2, 0.25) is 0 Å². The lowest BCUT2D eigenvalue weighted by Crippen LogP contribution is -2.16. The molecule has 3 rings (SSSR count). The van der Waals surface area contributed by atoms with E-state index in [0.29, 0.717) is 16.5 Å². The van der Waals surface area contributed by atoms with Crippen molar-refractivity contribution in [1.82, 2.24) is 14.9 Å². The number of aryl methyl sites for hydroxylation is 1. The van der Waals surface area contributed by atoms with E-state index in [0.717, 1.165) is 29.4 Å². The van der Waals surface area contributed by atoms with Crippen molar-refractivity contribution in [3.63, 3.8) is 0 Å². The number of hydrogen-bond acceptors (Lipinski definition) is 5. The molecule has 6 nitrogen and oxygen atoms in total. The van der Waals surface area contributed by atoms with Gasteiger partial charge in [0.25, 0.3) is 0 Å². The summed E-state index contributed by atoms with van der Waals surface area (Å²) in [4.78, 5) is 12.1. The largest absolute Gasteiger partial charge is 0.335 e. The fraction of sp³-hybridized carbons (Fsp3) is 0.167. The molecule has 0 fully saturated rings. The van der Waals surface area contributed by atoms with Gasteiger partial charge in [0.05, 0.1) is 5.75 Å². The molecule has 0 atom stereocenters. The van der Waals surface area contributed by atoms with Crippen LogP contribution in [0.15, 0.2) is 53.7 Å². The molecule has 0 saturated carbocycles. The van der Waals surface area contributed by atoms with Crippen LogP contribution in [0, 0.1) is 5.82 Å². The van der Waals surface area contributed by atoms with Gasteiger partial charge in [-0.25, -0.2) is 9.07 Å². The van der Waals surface area contributed by atoms with E-state index in [9.17, 15) is 9.18 Å². The van der Waals surface area contributed by atoms with Crippen molar-refractivity contribution in [1.29, 1.82) is 0 Å². The number of nitrogens with two attached hydrogens (primary N) is 1. The van der Waals surface area contributed by atoms with Crippen molar-refractivity contribution < 1.29 is 9.18 Å². The zero-order chi connectivity index (χ0) is 18.5. The smallest absolute Gasteiger partial charge is 0.234 e. The van der Waals surface area contributed by atoms with Gasteiger partial charge in [0.15, 0.2) is 5.82 Å². The van der Waals surface area contributed by atoms with Gasteiger partial charge in [0.1, 0.15) is 5.82 Å². The monoisotopic (exact) mass is 371 g/mol. The first kappa shape index (κ1) is 17.9. The van der Waals surface area contributed by atoms with Gasteiger partial charge in [-0.3, -0.25) is 4.79 Å². The molecule has 3 N–H and O–H groups in total. The first-order valence-electron chi connectivity index (χ1n) is 8.05. The molecular weight excluding hydrogens is 353 g/mol. The molecule has 0 saturated heterocycles. The van der Waals surface area contributed by atoms with Crippen LogP contribution in [0.25, 0.3) is 11.4 Å². The summed E-state index contributed by atoms with van der Waals surface area (Å²) >= 11 is 1.16. The molecule has 0 spiro atoms. The third kappa shape index (κ3) is 4.20. The third-order valence-electron chi connectivity index (χ3n) is 3.70. The molecule has 2 aromatic carbocycles. The summed E-state index contributed by atoms with van der Waals surface area (Å²) in [5.41, 5.74) is 2.43. The molecule has 1 heterocycles. The van der Waals surface area contributed by atoms with Gasteiger partial charge in [-0.1, -0.05) is 43.0 Å². The Labute approximate surface area is 154 Å². The average molecular weight is 371 g/mol. The number of nitrogen functional groups attached to an aromatic ring is 1. The number of carbonyl (C=O) groups excluding carboxylic acids is 1. The number of benzene rings is 2.